The molecule has 2 heterocycles. The van der Waals surface area contributed by atoms with E-state index in [1.165, 1.54) is 6.26 Å². The molecule has 6 nitrogen and oxygen atoms in total. The molecule has 2 amide bonds. The van der Waals surface area contributed by atoms with Crippen molar-refractivity contribution in [3.05, 3.63) is 89.5 Å². The molecule has 0 bridgehead atoms. The Labute approximate surface area is 172 Å². The summed E-state index contributed by atoms with van der Waals surface area (Å²) in [5.74, 6) is -0.159. The zero-order chi connectivity index (χ0) is 20.2. The zero-order valence-corrected chi connectivity index (χ0v) is 16.1. The van der Waals surface area contributed by atoms with Crippen LogP contribution in [-0.4, -0.2) is 16.4 Å². The second-order valence-electron chi connectivity index (χ2n) is 6.55. The van der Waals surface area contributed by atoms with E-state index >= 15 is 0 Å². The van der Waals surface area contributed by atoms with Crippen molar-refractivity contribution in [2.45, 2.75) is 13.1 Å². The summed E-state index contributed by atoms with van der Waals surface area (Å²) in [6.45, 7) is 0.604. The Balaban J connectivity index is 1.32. The van der Waals surface area contributed by atoms with Crippen LogP contribution in [0.15, 0.2) is 77.5 Å². The van der Waals surface area contributed by atoms with Crippen molar-refractivity contribution in [3.63, 3.8) is 0 Å². The van der Waals surface area contributed by atoms with Gasteiger partial charge in [0.1, 0.15) is 6.54 Å². The number of benzene rings is 2. The van der Waals surface area contributed by atoms with E-state index in [-0.39, 0.29) is 24.1 Å². The highest BCUT2D eigenvalue weighted by atomic mass is 35.5. The number of aromatic nitrogens is 1. The number of anilines is 1. The third-order valence-electron chi connectivity index (χ3n) is 4.50. The first-order chi connectivity index (χ1) is 14.1. The number of carbonyl (C=O) groups is 2. The van der Waals surface area contributed by atoms with E-state index in [0.29, 0.717) is 17.3 Å². The third-order valence-corrected chi connectivity index (χ3v) is 4.73. The molecule has 0 unspecified atom stereocenters. The molecule has 0 aliphatic heterocycles. The summed E-state index contributed by atoms with van der Waals surface area (Å²) >= 11 is 6.05. The van der Waals surface area contributed by atoms with E-state index in [0.717, 1.165) is 16.5 Å². The number of nitrogens with zero attached hydrogens (tertiary/aromatic N) is 1. The smallest absolute Gasteiger partial charge is 0.291 e. The van der Waals surface area contributed by atoms with Gasteiger partial charge in [-0.1, -0.05) is 29.8 Å². The predicted octanol–water partition coefficient (Wildman–Crippen LogP) is 4.46. The number of carbonyl (C=O) groups excluding carboxylic acids is 2. The molecule has 29 heavy (non-hydrogen) atoms. The van der Waals surface area contributed by atoms with E-state index in [2.05, 4.69) is 10.6 Å². The van der Waals surface area contributed by atoms with Gasteiger partial charge in [0, 0.05) is 29.0 Å². The number of rotatable bonds is 6. The first-order valence-electron chi connectivity index (χ1n) is 9.03. The highest BCUT2D eigenvalue weighted by Crippen LogP contribution is 2.20. The number of furan rings is 1. The van der Waals surface area contributed by atoms with E-state index in [1.807, 2.05) is 47.2 Å². The van der Waals surface area contributed by atoms with Crippen LogP contribution in [0.3, 0.4) is 0 Å². The lowest BCUT2D eigenvalue weighted by atomic mass is 10.2. The normalized spacial score (nSPS) is 10.8. The van der Waals surface area contributed by atoms with E-state index in [1.54, 1.807) is 24.3 Å². The molecule has 0 radical (unpaired) electrons. The van der Waals surface area contributed by atoms with Crippen molar-refractivity contribution in [1.82, 2.24) is 9.88 Å². The Kier molecular flexibility index (Phi) is 5.35. The summed E-state index contributed by atoms with van der Waals surface area (Å²) in [5.41, 5.74) is 2.50. The van der Waals surface area contributed by atoms with Gasteiger partial charge < -0.3 is 19.6 Å². The number of halogens is 1. The van der Waals surface area contributed by atoms with Gasteiger partial charge in [-0.25, -0.2) is 0 Å². The first-order valence-corrected chi connectivity index (χ1v) is 9.41. The van der Waals surface area contributed by atoms with Crippen LogP contribution in [0.4, 0.5) is 5.69 Å². The number of nitrogens with one attached hydrogen (secondary N) is 2. The molecule has 4 rings (SSSR count). The van der Waals surface area contributed by atoms with Crippen molar-refractivity contribution < 1.29 is 14.0 Å². The van der Waals surface area contributed by atoms with Crippen LogP contribution in [-0.2, 0) is 17.9 Å². The Morgan fingerprint density at radius 2 is 1.86 bits per heavy atom. The largest absolute Gasteiger partial charge is 0.459 e. The lowest BCUT2D eigenvalue weighted by molar-refractivity contribution is -0.121. The van der Waals surface area contributed by atoms with Crippen LogP contribution in [0.2, 0.25) is 5.02 Å². The molecular weight excluding hydrogens is 390 g/mol. The SMILES string of the molecule is O=C(Cn1ccc2ccc(Cl)cc21)NCc1ccc(NC(=O)c2ccco2)cc1. The van der Waals surface area contributed by atoms with Crippen LogP contribution in [0, 0.1) is 0 Å². The number of amides is 2. The Hall–Kier alpha value is -3.51. The minimum absolute atomic E-state index is 0.0994. The maximum Gasteiger partial charge on any atom is 0.291 e. The Morgan fingerprint density at radius 1 is 1.03 bits per heavy atom. The van der Waals surface area contributed by atoms with Gasteiger partial charge in [0.15, 0.2) is 5.76 Å². The van der Waals surface area contributed by atoms with Gasteiger partial charge in [-0.05, 0) is 53.4 Å². The van der Waals surface area contributed by atoms with Crippen LogP contribution in [0.1, 0.15) is 16.1 Å². The summed E-state index contributed by atoms with van der Waals surface area (Å²) in [4.78, 5) is 24.3. The van der Waals surface area contributed by atoms with Gasteiger partial charge in [0.25, 0.3) is 5.91 Å². The third kappa shape index (κ3) is 4.50. The average molecular weight is 408 g/mol. The molecule has 7 heteroatoms. The molecule has 4 aromatic rings. The molecule has 0 saturated heterocycles. The quantitative estimate of drug-likeness (QED) is 0.495. The molecule has 0 aliphatic carbocycles. The van der Waals surface area contributed by atoms with Crippen LogP contribution < -0.4 is 10.6 Å². The van der Waals surface area contributed by atoms with Gasteiger partial charge in [0.05, 0.1) is 6.26 Å². The minimum atomic E-state index is -0.310. The summed E-state index contributed by atoms with van der Waals surface area (Å²) in [6.07, 6.45) is 3.32. The molecule has 0 spiro atoms. The molecule has 2 aromatic heterocycles. The second-order valence-corrected chi connectivity index (χ2v) is 6.99. The van der Waals surface area contributed by atoms with Gasteiger partial charge in [-0.15, -0.1) is 0 Å². The van der Waals surface area contributed by atoms with E-state index < -0.39 is 0 Å². The maximum absolute atomic E-state index is 12.3. The van der Waals surface area contributed by atoms with Crippen molar-refractivity contribution in [2.24, 2.45) is 0 Å². The highest BCUT2D eigenvalue weighted by molar-refractivity contribution is 6.31. The van der Waals surface area contributed by atoms with Gasteiger partial charge in [0.2, 0.25) is 5.91 Å². The number of hydrogen-bond donors (Lipinski definition) is 2. The lowest BCUT2D eigenvalue weighted by Gasteiger charge is -2.09. The fraction of sp³-hybridized carbons (Fsp3) is 0.0909. The Bertz CT molecular complexity index is 1150. The average Bonchev–Trinajstić information content (AvgIpc) is 3.38. The molecular formula is C22H18ClN3O3. The van der Waals surface area contributed by atoms with Crippen LogP contribution >= 0.6 is 11.6 Å². The monoisotopic (exact) mass is 407 g/mol. The first kappa shape index (κ1) is 18.8. The molecule has 0 aliphatic rings. The topological polar surface area (TPSA) is 76.3 Å². The summed E-state index contributed by atoms with van der Waals surface area (Å²) in [7, 11) is 0. The Morgan fingerprint density at radius 3 is 2.62 bits per heavy atom. The van der Waals surface area contributed by atoms with E-state index in [9.17, 15) is 9.59 Å². The summed E-state index contributed by atoms with van der Waals surface area (Å²) in [6, 6.07) is 18.1. The summed E-state index contributed by atoms with van der Waals surface area (Å²) in [5, 5.41) is 7.33. The molecule has 2 aromatic carbocycles. The van der Waals surface area contributed by atoms with Crippen molar-refractivity contribution in [3.8, 4) is 0 Å². The van der Waals surface area contributed by atoms with Gasteiger partial charge in [-0.2, -0.15) is 0 Å². The fourth-order valence-corrected chi connectivity index (χ4v) is 3.18. The standard InChI is InChI=1S/C22H18ClN3O3/c23-17-6-5-16-9-10-26(19(16)12-17)14-21(27)24-13-15-3-7-18(8-4-15)25-22(28)20-2-1-11-29-20/h1-12H,13-14H2,(H,24,27)(H,25,28). The molecule has 146 valence electrons. The van der Waals surface area contributed by atoms with Crippen molar-refractivity contribution in [1.29, 1.82) is 0 Å². The van der Waals surface area contributed by atoms with Gasteiger partial charge in [-0.3, -0.25) is 9.59 Å². The molecule has 0 fully saturated rings. The molecule has 0 atom stereocenters. The van der Waals surface area contributed by atoms with Crippen molar-refractivity contribution >= 4 is 40.0 Å². The van der Waals surface area contributed by atoms with Crippen LogP contribution in [0.25, 0.3) is 10.9 Å². The van der Waals surface area contributed by atoms with E-state index in [4.69, 9.17) is 16.0 Å². The number of fused-ring (bicyclic) bond motifs is 1. The lowest BCUT2D eigenvalue weighted by Crippen LogP contribution is -2.26. The molecule has 2 N–H and O–H groups in total. The zero-order valence-electron chi connectivity index (χ0n) is 15.4. The predicted molar refractivity (Wildman–Crippen MR) is 112 cm³/mol. The molecule has 0 saturated carbocycles. The number of hydrogen-bond acceptors (Lipinski definition) is 3. The van der Waals surface area contributed by atoms with Crippen LogP contribution in [0.5, 0.6) is 0 Å². The highest BCUT2D eigenvalue weighted by Gasteiger charge is 2.09. The minimum Gasteiger partial charge on any atom is -0.459 e. The summed E-state index contributed by atoms with van der Waals surface area (Å²) < 4.78 is 6.93. The fourth-order valence-electron chi connectivity index (χ4n) is 3.01. The van der Waals surface area contributed by atoms with Gasteiger partial charge >= 0.3 is 0 Å². The maximum atomic E-state index is 12.3. The second kappa shape index (κ2) is 8.24. The van der Waals surface area contributed by atoms with Crippen molar-refractivity contribution in [2.75, 3.05) is 5.32 Å².